The van der Waals surface area contributed by atoms with Gasteiger partial charge < -0.3 is 10.1 Å². The second-order valence-electron chi connectivity index (χ2n) is 7.66. The minimum absolute atomic E-state index is 0.285. The van der Waals surface area contributed by atoms with Gasteiger partial charge in [0.15, 0.2) is 0 Å². The monoisotopic (exact) mass is 432 g/mol. The molecule has 1 atom stereocenters. The zero-order valence-corrected chi connectivity index (χ0v) is 19.5. The predicted molar refractivity (Wildman–Crippen MR) is 122 cm³/mol. The summed E-state index contributed by atoms with van der Waals surface area (Å²) in [4.78, 5) is 12.8. The number of ether oxygens (including phenoxy) is 1. The molecule has 0 heterocycles. The number of hydrogen-bond acceptors (Lipinski definition) is 4. The second kappa shape index (κ2) is 9.98. The van der Waals surface area contributed by atoms with Crippen LogP contribution in [0.3, 0.4) is 0 Å². The zero-order valence-electron chi connectivity index (χ0n) is 18.7. The SMILES string of the molecule is CC[C@@H](C(=O)NCCOc1ccc(C)cc1C)N(c1ccc(C)c(C)c1)S(C)(=O)=O. The smallest absolute Gasteiger partial charge is 0.244 e. The number of hydrogen-bond donors (Lipinski definition) is 1. The van der Waals surface area contributed by atoms with Gasteiger partial charge in [-0.3, -0.25) is 9.10 Å². The van der Waals surface area contributed by atoms with Gasteiger partial charge in [0.1, 0.15) is 18.4 Å². The Morgan fingerprint density at radius 1 is 1.03 bits per heavy atom. The van der Waals surface area contributed by atoms with Crippen LogP contribution in [-0.2, 0) is 14.8 Å². The summed E-state index contributed by atoms with van der Waals surface area (Å²) in [5.41, 5.74) is 4.72. The maximum atomic E-state index is 12.8. The molecule has 30 heavy (non-hydrogen) atoms. The van der Waals surface area contributed by atoms with Crippen LogP contribution in [0.2, 0.25) is 0 Å². The van der Waals surface area contributed by atoms with E-state index in [2.05, 4.69) is 5.32 Å². The Morgan fingerprint density at radius 3 is 2.30 bits per heavy atom. The van der Waals surface area contributed by atoms with Gasteiger partial charge in [0.2, 0.25) is 15.9 Å². The highest BCUT2D eigenvalue weighted by Gasteiger charge is 2.31. The van der Waals surface area contributed by atoms with Gasteiger partial charge in [-0.1, -0.05) is 30.7 Å². The zero-order chi connectivity index (χ0) is 22.5. The molecule has 0 saturated carbocycles. The van der Waals surface area contributed by atoms with Crippen molar-refractivity contribution >= 4 is 21.6 Å². The maximum absolute atomic E-state index is 12.8. The maximum Gasteiger partial charge on any atom is 0.244 e. The van der Waals surface area contributed by atoms with E-state index >= 15 is 0 Å². The topological polar surface area (TPSA) is 75.7 Å². The van der Waals surface area contributed by atoms with Crippen molar-refractivity contribution < 1.29 is 17.9 Å². The molecule has 0 saturated heterocycles. The van der Waals surface area contributed by atoms with E-state index in [1.165, 1.54) is 4.31 Å². The van der Waals surface area contributed by atoms with E-state index in [4.69, 9.17) is 4.74 Å². The Balaban J connectivity index is 2.09. The van der Waals surface area contributed by atoms with Gasteiger partial charge in [0, 0.05) is 0 Å². The summed E-state index contributed by atoms with van der Waals surface area (Å²) in [6.45, 7) is 10.3. The highest BCUT2D eigenvalue weighted by atomic mass is 32.2. The number of anilines is 1. The van der Waals surface area contributed by atoms with Crippen molar-refractivity contribution in [3.05, 3.63) is 58.7 Å². The molecule has 1 N–H and O–H groups in total. The molecule has 0 aromatic heterocycles. The molecule has 0 bridgehead atoms. The molecule has 7 heteroatoms. The molecule has 6 nitrogen and oxygen atoms in total. The predicted octanol–water partition coefficient (Wildman–Crippen LogP) is 3.66. The van der Waals surface area contributed by atoms with Crippen molar-refractivity contribution in [1.82, 2.24) is 5.32 Å². The fourth-order valence-corrected chi connectivity index (χ4v) is 4.54. The first-order chi connectivity index (χ1) is 14.0. The number of carbonyl (C=O) groups is 1. The molecule has 0 aliphatic carbocycles. The lowest BCUT2D eigenvalue weighted by atomic mass is 10.1. The van der Waals surface area contributed by atoms with E-state index in [0.717, 1.165) is 34.3 Å². The third-order valence-corrected chi connectivity index (χ3v) is 6.24. The van der Waals surface area contributed by atoms with Gasteiger partial charge in [-0.15, -0.1) is 0 Å². The molecule has 2 aromatic carbocycles. The number of benzene rings is 2. The van der Waals surface area contributed by atoms with Crippen LogP contribution in [0, 0.1) is 27.7 Å². The Morgan fingerprint density at radius 2 is 1.73 bits per heavy atom. The largest absolute Gasteiger partial charge is 0.491 e. The summed E-state index contributed by atoms with van der Waals surface area (Å²) in [5.74, 6) is 0.431. The van der Waals surface area contributed by atoms with Crippen LogP contribution < -0.4 is 14.4 Å². The second-order valence-corrected chi connectivity index (χ2v) is 9.52. The van der Waals surface area contributed by atoms with Crippen molar-refractivity contribution in [3.63, 3.8) is 0 Å². The molecule has 164 valence electrons. The van der Waals surface area contributed by atoms with Crippen LogP contribution in [0.25, 0.3) is 0 Å². The van der Waals surface area contributed by atoms with Crippen LogP contribution in [-0.4, -0.2) is 39.8 Å². The highest BCUT2D eigenvalue weighted by Crippen LogP contribution is 2.25. The van der Waals surface area contributed by atoms with Gasteiger partial charge in [-0.05, 0) is 69.0 Å². The molecule has 0 spiro atoms. The highest BCUT2D eigenvalue weighted by molar-refractivity contribution is 7.92. The molecule has 0 unspecified atom stereocenters. The Bertz CT molecular complexity index is 1000. The molecule has 1 amide bonds. The van der Waals surface area contributed by atoms with Gasteiger partial charge in [-0.2, -0.15) is 0 Å². The Hall–Kier alpha value is -2.54. The van der Waals surface area contributed by atoms with E-state index in [-0.39, 0.29) is 12.5 Å². The minimum atomic E-state index is -3.65. The van der Waals surface area contributed by atoms with Crippen LogP contribution >= 0.6 is 0 Å². The first-order valence-electron chi connectivity index (χ1n) is 10.1. The lowest BCUT2D eigenvalue weighted by Gasteiger charge is -2.30. The lowest BCUT2D eigenvalue weighted by Crippen LogP contribution is -2.50. The van der Waals surface area contributed by atoms with Crippen LogP contribution in [0.1, 0.15) is 35.6 Å². The number of aryl methyl sites for hydroxylation is 4. The van der Waals surface area contributed by atoms with Crippen molar-refractivity contribution in [2.45, 2.75) is 47.1 Å². The first-order valence-corrected chi connectivity index (χ1v) is 11.9. The number of rotatable bonds is 9. The molecular weight excluding hydrogens is 400 g/mol. The number of nitrogens with zero attached hydrogens (tertiary/aromatic N) is 1. The fraction of sp³-hybridized carbons (Fsp3) is 0.435. The van der Waals surface area contributed by atoms with Crippen molar-refractivity contribution in [3.8, 4) is 5.75 Å². The minimum Gasteiger partial charge on any atom is -0.491 e. The lowest BCUT2D eigenvalue weighted by molar-refractivity contribution is -0.122. The fourth-order valence-electron chi connectivity index (χ4n) is 3.34. The molecule has 2 aromatic rings. The Labute approximate surface area is 180 Å². The third-order valence-electron chi connectivity index (χ3n) is 5.06. The van der Waals surface area contributed by atoms with E-state index in [0.29, 0.717) is 18.7 Å². The van der Waals surface area contributed by atoms with E-state index in [1.807, 2.05) is 52.0 Å². The summed E-state index contributed by atoms with van der Waals surface area (Å²) in [6, 6.07) is 10.5. The number of nitrogens with one attached hydrogen (secondary N) is 1. The average molecular weight is 433 g/mol. The summed E-state index contributed by atoms with van der Waals surface area (Å²) < 4.78 is 32.0. The summed E-state index contributed by atoms with van der Waals surface area (Å²) in [6.07, 6.45) is 1.48. The average Bonchev–Trinajstić information content (AvgIpc) is 2.65. The van der Waals surface area contributed by atoms with Gasteiger partial charge in [0.25, 0.3) is 0 Å². The van der Waals surface area contributed by atoms with Crippen LogP contribution in [0.15, 0.2) is 36.4 Å². The van der Waals surface area contributed by atoms with E-state index in [9.17, 15) is 13.2 Å². The van der Waals surface area contributed by atoms with Gasteiger partial charge in [-0.25, -0.2) is 8.42 Å². The summed E-state index contributed by atoms with van der Waals surface area (Å²) in [7, 11) is -3.65. The molecule has 0 fully saturated rings. The van der Waals surface area contributed by atoms with Crippen molar-refractivity contribution in [2.75, 3.05) is 23.7 Å². The number of carbonyl (C=O) groups excluding carboxylic acids is 1. The van der Waals surface area contributed by atoms with E-state index in [1.54, 1.807) is 19.1 Å². The summed E-state index contributed by atoms with van der Waals surface area (Å²) in [5, 5.41) is 2.81. The quantitative estimate of drug-likeness (QED) is 0.614. The standard InChI is InChI=1S/C23H32N2O4S/c1-7-21(25(30(6,27)28)20-10-9-17(3)18(4)15-20)23(26)24-12-13-29-22-11-8-16(2)14-19(22)5/h8-11,14-15,21H,7,12-13H2,1-6H3,(H,24,26)/t21-/m0/s1. The normalized spacial score (nSPS) is 12.3. The first kappa shape index (κ1) is 23.7. The molecule has 0 radical (unpaired) electrons. The van der Waals surface area contributed by atoms with Crippen molar-refractivity contribution in [1.29, 1.82) is 0 Å². The van der Waals surface area contributed by atoms with Crippen molar-refractivity contribution in [2.24, 2.45) is 0 Å². The molecule has 0 aliphatic heterocycles. The Kier molecular flexibility index (Phi) is 7.89. The van der Waals surface area contributed by atoms with Crippen LogP contribution in [0.4, 0.5) is 5.69 Å². The third kappa shape index (κ3) is 5.98. The van der Waals surface area contributed by atoms with E-state index < -0.39 is 16.1 Å². The number of amides is 1. The van der Waals surface area contributed by atoms with Gasteiger partial charge >= 0.3 is 0 Å². The van der Waals surface area contributed by atoms with Crippen LogP contribution in [0.5, 0.6) is 5.75 Å². The molecular formula is C23H32N2O4S. The van der Waals surface area contributed by atoms with Gasteiger partial charge in [0.05, 0.1) is 18.5 Å². The number of sulfonamides is 1. The summed E-state index contributed by atoms with van der Waals surface area (Å²) >= 11 is 0. The molecule has 0 aliphatic rings. The molecule has 2 rings (SSSR count).